The Morgan fingerprint density at radius 1 is 1.30 bits per heavy atom. The Morgan fingerprint density at radius 3 is 2.70 bits per heavy atom. The lowest BCUT2D eigenvalue weighted by molar-refractivity contribution is -0.00211. The molecule has 0 saturated heterocycles. The van der Waals surface area contributed by atoms with E-state index in [1.807, 2.05) is 37.3 Å². The number of ether oxygens (including phenoxy) is 1. The minimum atomic E-state index is -0.428. The molecule has 1 aromatic carbocycles. The number of rotatable bonds is 9. The van der Waals surface area contributed by atoms with Gasteiger partial charge in [0.2, 0.25) is 0 Å². The Morgan fingerprint density at radius 2 is 2.05 bits per heavy atom. The second-order valence-electron chi connectivity index (χ2n) is 5.83. The molecule has 3 heteroatoms. The first-order valence-corrected chi connectivity index (χ1v) is 7.81. The summed E-state index contributed by atoms with van der Waals surface area (Å²) in [6.07, 6.45) is 5.03. The highest BCUT2D eigenvalue weighted by molar-refractivity contribution is 5.16. The SMILES string of the molecule is CC(OCC(O)CNCCC1CCC1)c1ccccc1. The molecule has 0 radical (unpaired) electrons. The zero-order valence-corrected chi connectivity index (χ0v) is 12.4. The number of aliphatic hydroxyl groups excluding tert-OH is 1. The van der Waals surface area contributed by atoms with Gasteiger partial charge in [-0.2, -0.15) is 0 Å². The molecular weight excluding hydrogens is 250 g/mol. The van der Waals surface area contributed by atoms with E-state index in [0.717, 1.165) is 18.0 Å². The molecule has 0 aliphatic heterocycles. The fourth-order valence-electron chi connectivity index (χ4n) is 2.49. The lowest BCUT2D eigenvalue weighted by atomic mass is 9.83. The Balaban J connectivity index is 1.53. The van der Waals surface area contributed by atoms with E-state index in [9.17, 15) is 5.11 Å². The maximum Gasteiger partial charge on any atom is 0.0897 e. The van der Waals surface area contributed by atoms with Gasteiger partial charge in [0.05, 0.1) is 18.8 Å². The Hall–Kier alpha value is -0.900. The monoisotopic (exact) mass is 277 g/mol. The zero-order valence-electron chi connectivity index (χ0n) is 12.4. The third-order valence-corrected chi connectivity index (χ3v) is 4.14. The smallest absolute Gasteiger partial charge is 0.0897 e. The number of hydrogen-bond acceptors (Lipinski definition) is 3. The van der Waals surface area contributed by atoms with Crippen molar-refractivity contribution < 1.29 is 9.84 Å². The first kappa shape index (κ1) is 15.5. The summed E-state index contributed by atoms with van der Waals surface area (Å²) in [5.41, 5.74) is 1.15. The van der Waals surface area contributed by atoms with Crippen LogP contribution in [0.15, 0.2) is 30.3 Å². The topological polar surface area (TPSA) is 41.5 Å². The molecule has 2 N–H and O–H groups in total. The van der Waals surface area contributed by atoms with Gasteiger partial charge in [0.15, 0.2) is 0 Å². The minimum absolute atomic E-state index is 0.0285. The van der Waals surface area contributed by atoms with Gasteiger partial charge in [-0.05, 0) is 31.4 Å². The van der Waals surface area contributed by atoms with Crippen molar-refractivity contribution >= 4 is 0 Å². The second kappa shape index (κ2) is 8.40. The molecule has 0 amide bonds. The minimum Gasteiger partial charge on any atom is -0.389 e. The summed E-state index contributed by atoms with van der Waals surface area (Å²) in [7, 11) is 0. The molecule has 1 saturated carbocycles. The van der Waals surface area contributed by atoms with Crippen LogP contribution in [0.2, 0.25) is 0 Å². The Kier molecular flexibility index (Phi) is 6.51. The van der Waals surface area contributed by atoms with Crippen molar-refractivity contribution in [2.75, 3.05) is 19.7 Å². The van der Waals surface area contributed by atoms with E-state index in [4.69, 9.17) is 4.74 Å². The van der Waals surface area contributed by atoms with Crippen molar-refractivity contribution in [3.05, 3.63) is 35.9 Å². The van der Waals surface area contributed by atoms with E-state index in [2.05, 4.69) is 5.32 Å². The van der Waals surface area contributed by atoms with E-state index in [-0.39, 0.29) is 6.10 Å². The molecule has 0 aromatic heterocycles. The van der Waals surface area contributed by atoms with E-state index < -0.39 is 6.10 Å². The summed E-state index contributed by atoms with van der Waals surface area (Å²) in [6.45, 7) is 4.03. The van der Waals surface area contributed by atoms with Gasteiger partial charge in [-0.1, -0.05) is 49.6 Å². The van der Waals surface area contributed by atoms with Crippen molar-refractivity contribution in [2.24, 2.45) is 5.92 Å². The standard InChI is InChI=1S/C17H27NO2/c1-14(16-8-3-2-4-9-16)20-13-17(19)12-18-11-10-15-6-5-7-15/h2-4,8-9,14-15,17-19H,5-7,10-13H2,1H3. The van der Waals surface area contributed by atoms with Gasteiger partial charge >= 0.3 is 0 Å². The highest BCUT2D eigenvalue weighted by Crippen LogP contribution is 2.28. The predicted molar refractivity (Wildman–Crippen MR) is 81.6 cm³/mol. The Labute approximate surface area is 122 Å². The zero-order chi connectivity index (χ0) is 14.2. The van der Waals surface area contributed by atoms with Crippen LogP contribution in [0.25, 0.3) is 0 Å². The van der Waals surface area contributed by atoms with E-state index >= 15 is 0 Å². The highest BCUT2D eigenvalue weighted by Gasteiger charge is 2.16. The van der Waals surface area contributed by atoms with Crippen LogP contribution in [0, 0.1) is 5.92 Å². The quantitative estimate of drug-likeness (QED) is 0.682. The van der Waals surface area contributed by atoms with Crippen LogP contribution in [0.4, 0.5) is 0 Å². The molecule has 112 valence electrons. The van der Waals surface area contributed by atoms with Crippen molar-refractivity contribution in [1.82, 2.24) is 5.32 Å². The molecule has 2 unspecified atom stereocenters. The lowest BCUT2D eigenvalue weighted by Gasteiger charge is -2.25. The predicted octanol–water partition coefficient (Wildman–Crippen LogP) is 2.90. The summed E-state index contributed by atoms with van der Waals surface area (Å²) in [5, 5.41) is 13.2. The van der Waals surface area contributed by atoms with Gasteiger partial charge in [-0.15, -0.1) is 0 Å². The maximum atomic E-state index is 9.89. The molecule has 1 fully saturated rings. The van der Waals surface area contributed by atoms with E-state index in [0.29, 0.717) is 13.2 Å². The van der Waals surface area contributed by atoms with Gasteiger partial charge in [-0.3, -0.25) is 0 Å². The van der Waals surface area contributed by atoms with Crippen molar-refractivity contribution in [2.45, 2.75) is 44.8 Å². The summed E-state index contributed by atoms with van der Waals surface area (Å²) < 4.78 is 5.71. The number of aliphatic hydroxyl groups is 1. The highest BCUT2D eigenvalue weighted by atomic mass is 16.5. The first-order chi connectivity index (χ1) is 9.75. The average Bonchev–Trinajstić information content (AvgIpc) is 2.43. The molecule has 0 spiro atoms. The number of nitrogens with one attached hydrogen (secondary N) is 1. The van der Waals surface area contributed by atoms with Crippen LogP contribution in [-0.4, -0.2) is 30.9 Å². The number of hydrogen-bond donors (Lipinski definition) is 2. The van der Waals surface area contributed by atoms with Crippen LogP contribution in [0.1, 0.15) is 44.3 Å². The van der Waals surface area contributed by atoms with Crippen LogP contribution < -0.4 is 5.32 Å². The molecule has 1 aliphatic carbocycles. The molecular formula is C17H27NO2. The molecule has 2 rings (SSSR count). The summed E-state index contributed by atoms with van der Waals surface area (Å²) in [4.78, 5) is 0. The van der Waals surface area contributed by atoms with Crippen LogP contribution in [0.5, 0.6) is 0 Å². The van der Waals surface area contributed by atoms with Crippen molar-refractivity contribution in [3.8, 4) is 0 Å². The third kappa shape index (κ3) is 5.23. The first-order valence-electron chi connectivity index (χ1n) is 7.81. The molecule has 2 atom stereocenters. The molecule has 0 bridgehead atoms. The fourth-order valence-corrected chi connectivity index (χ4v) is 2.49. The van der Waals surface area contributed by atoms with Crippen LogP contribution in [0.3, 0.4) is 0 Å². The molecule has 0 heterocycles. The number of benzene rings is 1. The molecule has 1 aliphatic rings. The molecule has 1 aromatic rings. The summed E-state index contributed by atoms with van der Waals surface area (Å²) in [6, 6.07) is 10.1. The average molecular weight is 277 g/mol. The molecule has 3 nitrogen and oxygen atoms in total. The fraction of sp³-hybridized carbons (Fsp3) is 0.647. The van der Waals surface area contributed by atoms with Crippen LogP contribution >= 0.6 is 0 Å². The van der Waals surface area contributed by atoms with Crippen LogP contribution in [-0.2, 0) is 4.74 Å². The normalized spacial score (nSPS) is 18.5. The van der Waals surface area contributed by atoms with Crippen molar-refractivity contribution in [3.63, 3.8) is 0 Å². The lowest BCUT2D eigenvalue weighted by Crippen LogP contribution is -2.32. The van der Waals surface area contributed by atoms with Gasteiger partial charge in [0.1, 0.15) is 0 Å². The van der Waals surface area contributed by atoms with Crippen molar-refractivity contribution in [1.29, 1.82) is 0 Å². The van der Waals surface area contributed by atoms with E-state index in [1.54, 1.807) is 0 Å². The van der Waals surface area contributed by atoms with Gasteiger partial charge in [-0.25, -0.2) is 0 Å². The summed E-state index contributed by atoms with van der Waals surface area (Å²) in [5.74, 6) is 0.925. The molecule has 20 heavy (non-hydrogen) atoms. The Bertz CT molecular complexity index is 365. The van der Waals surface area contributed by atoms with Gasteiger partial charge < -0.3 is 15.2 Å². The van der Waals surface area contributed by atoms with Gasteiger partial charge in [0.25, 0.3) is 0 Å². The largest absolute Gasteiger partial charge is 0.389 e. The maximum absolute atomic E-state index is 9.89. The van der Waals surface area contributed by atoms with E-state index in [1.165, 1.54) is 25.7 Å². The second-order valence-corrected chi connectivity index (χ2v) is 5.83. The summed E-state index contributed by atoms with van der Waals surface area (Å²) >= 11 is 0. The third-order valence-electron chi connectivity index (χ3n) is 4.14. The van der Waals surface area contributed by atoms with Gasteiger partial charge in [0, 0.05) is 6.54 Å².